The molecule has 33 heavy (non-hydrogen) atoms. The molecule has 1 atom stereocenters. The molecule has 2 saturated heterocycles. The van der Waals surface area contributed by atoms with E-state index >= 15 is 0 Å². The second kappa shape index (κ2) is 8.91. The molecule has 1 aromatic carbocycles. The maximum atomic E-state index is 14.6. The average molecular weight is 462 g/mol. The first kappa shape index (κ1) is 25.5. The van der Waals surface area contributed by atoms with Crippen LogP contribution in [-0.2, 0) is 25.3 Å². The van der Waals surface area contributed by atoms with Gasteiger partial charge in [-0.25, -0.2) is 9.18 Å². The van der Waals surface area contributed by atoms with Crippen molar-refractivity contribution < 1.29 is 28.0 Å². The van der Waals surface area contributed by atoms with Gasteiger partial charge < -0.3 is 23.8 Å². The van der Waals surface area contributed by atoms with Gasteiger partial charge in [0.1, 0.15) is 11.4 Å². The Hall–Kier alpha value is -2.13. The Bertz CT molecular complexity index is 899. The van der Waals surface area contributed by atoms with Crippen LogP contribution in [-0.4, -0.2) is 71.4 Å². The lowest BCUT2D eigenvalue weighted by Crippen LogP contribution is -2.56. The van der Waals surface area contributed by atoms with Crippen molar-refractivity contribution in [3.63, 3.8) is 0 Å². The molecule has 2 aliphatic rings. The van der Waals surface area contributed by atoms with E-state index in [-0.39, 0.29) is 24.5 Å². The van der Waals surface area contributed by atoms with Gasteiger partial charge >= 0.3 is 13.2 Å². The van der Waals surface area contributed by atoms with E-state index in [1.807, 2.05) is 55.4 Å². The first-order valence-electron chi connectivity index (χ1n) is 11.5. The maximum absolute atomic E-state index is 14.6. The number of halogens is 1. The van der Waals surface area contributed by atoms with Crippen LogP contribution in [0.15, 0.2) is 18.2 Å². The van der Waals surface area contributed by atoms with Crippen molar-refractivity contribution in [3.8, 4) is 0 Å². The van der Waals surface area contributed by atoms with Gasteiger partial charge in [0.15, 0.2) is 0 Å². The quantitative estimate of drug-likeness (QED) is 0.646. The highest BCUT2D eigenvalue weighted by molar-refractivity contribution is 6.62. The summed E-state index contributed by atoms with van der Waals surface area (Å²) in [6.07, 6.45) is -0.460. The van der Waals surface area contributed by atoms with E-state index in [9.17, 15) is 14.0 Å². The topological polar surface area (TPSA) is 68.3 Å². The fourth-order valence-electron chi connectivity index (χ4n) is 3.94. The molecule has 0 spiro atoms. The van der Waals surface area contributed by atoms with Gasteiger partial charge in [0.2, 0.25) is 5.91 Å². The predicted octanol–water partition coefficient (Wildman–Crippen LogP) is 3.14. The summed E-state index contributed by atoms with van der Waals surface area (Å²) in [6, 6.07) is 4.44. The van der Waals surface area contributed by atoms with E-state index in [0.29, 0.717) is 30.7 Å². The van der Waals surface area contributed by atoms with Gasteiger partial charge in [-0.05, 0) is 72.5 Å². The summed E-state index contributed by atoms with van der Waals surface area (Å²) in [5.41, 5.74) is -0.613. The van der Waals surface area contributed by atoms with Gasteiger partial charge in [0.05, 0.1) is 17.6 Å². The van der Waals surface area contributed by atoms with Gasteiger partial charge in [-0.3, -0.25) is 4.79 Å². The summed E-state index contributed by atoms with van der Waals surface area (Å²) in [5.74, 6) is -0.625. The van der Waals surface area contributed by atoms with Gasteiger partial charge in [-0.1, -0.05) is 12.1 Å². The molecule has 0 N–H and O–H groups in total. The molecule has 0 unspecified atom stereocenters. The molecule has 0 bridgehead atoms. The third-order valence-corrected chi connectivity index (χ3v) is 6.54. The molecule has 182 valence electrons. The molecule has 0 radical (unpaired) electrons. The van der Waals surface area contributed by atoms with Crippen molar-refractivity contribution in [2.24, 2.45) is 0 Å². The molecule has 2 aliphatic heterocycles. The van der Waals surface area contributed by atoms with E-state index in [2.05, 4.69) is 0 Å². The smallest absolute Gasteiger partial charge is 0.444 e. The number of piperazine rings is 1. The molecular weight excluding hydrogens is 426 g/mol. The number of rotatable bonds is 3. The zero-order valence-corrected chi connectivity index (χ0v) is 21.0. The van der Waals surface area contributed by atoms with Crippen LogP contribution >= 0.6 is 0 Å². The maximum Gasteiger partial charge on any atom is 0.494 e. The standard InChI is InChI=1S/C24H36BFN2O5/c1-16-15-27(21(30)31-22(2,3)4)11-12-28(16)20(29)14-17-13-18(9-10-19(17)26)25-32-23(5,6)24(7,8)33-25/h9-10,13,16H,11-12,14-15H2,1-8H3/t16-/m0/s1. The van der Waals surface area contributed by atoms with Crippen LogP contribution in [0.5, 0.6) is 0 Å². The van der Waals surface area contributed by atoms with Crippen molar-refractivity contribution in [1.82, 2.24) is 9.80 Å². The molecule has 7 nitrogen and oxygen atoms in total. The Morgan fingerprint density at radius 2 is 1.76 bits per heavy atom. The summed E-state index contributed by atoms with van der Waals surface area (Å²) in [5, 5.41) is 0. The molecule has 2 fully saturated rings. The molecule has 1 aromatic rings. The predicted molar refractivity (Wildman–Crippen MR) is 125 cm³/mol. The largest absolute Gasteiger partial charge is 0.494 e. The average Bonchev–Trinajstić information content (AvgIpc) is 2.89. The number of nitrogens with zero attached hydrogens (tertiary/aromatic N) is 2. The highest BCUT2D eigenvalue weighted by Gasteiger charge is 2.51. The van der Waals surface area contributed by atoms with Crippen LogP contribution in [0.2, 0.25) is 0 Å². The molecule has 2 amide bonds. The molecular formula is C24H36BFN2O5. The van der Waals surface area contributed by atoms with Crippen molar-refractivity contribution in [2.45, 2.75) is 84.7 Å². The minimum atomic E-state index is -0.624. The molecule has 0 saturated carbocycles. The van der Waals surface area contributed by atoms with Crippen LogP contribution in [0.4, 0.5) is 9.18 Å². The number of hydrogen-bond acceptors (Lipinski definition) is 5. The third kappa shape index (κ3) is 5.69. The monoisotopic (exact) mass is 462 g/mol. The number of ether oxygens (including phenoxy) is 1. The Labute approximate surface area is 196 Å². The van der Waals surface area contributed by atoms with E-state index < -0.39 is 29.7 Å². The number of amides is 2. The second-order valence-corrected chi connectivity index (χ2v) is 11.0. The highest BCUT2D eigenvalue weighted by Crippen LogP contribution is 2.36. The van der Waals surface area contributed by atoms with Crippen LogP contribution in [0.1, 0.15) is 61.0 Å². The van der Waals surface area contributed by atoms with Crippen LogP contribution in [0, 0.1) is 5.82 Å². The lowest BCUT2D eigenvalue weighted by Gasteiger charge is -2.40. The first-order valence-corrected chi connectivity index (χ1v) is 11.5. The normalized spacial score (nSPS) is 22.5. The van der Waals surface area contributed by atoms with Crippen molar-refractivity contribution in [3.05, 3.63) is 29.6 Å². The Kier molecular flexibility index (Phi) is 6.88. The van der Waals surface area contributed by atoms with Crippen molar-refractivity contribution in [2.75, 3.05) is 19.6 Å². The highest BCUT2D eigenvalue weighted by atomic mass is 19.1. The van der Waals surface area contributed by atoms with E-state index in [4.69, 9.17) is 14.0 Å². The van der Waals surface area contributed by atoms with Crippen LogP contribution in [0.3, 0.4) is 0 Å². The van der Waals surface area contributed by atoms with E-state index in [1.165, 1.54) is 6.07 Å². The molecule has 2 heterocycles. The van der Waals surface area contributed by atoms with Crippen molar-refractivity contribution in [1.29, 1.82) is 0 Å². The molecule has 0 aromatic heterocycles. The number of carbonyl (C=O) groups is 2. The van der Waals surface area contributed by atoms with Gasteiger partial charge in [-0.15, -0.1) is 0 Å². The summed E-state index contributed by atoms with van der Waals surface area (Å²) >= 11 is 0. The van der Waals surface area contributed by atoms with E-state index in [0.717, 1.165) is 0 Å². The lowest BCUT2D eigenvalue weighted by molar-refractivity contribution is -0.135. The SMILES string of the molecule is C[C@H]1CN(C(=O)OC(C)(C)C)CCN1C(=O)Cc1cc(B2OC(C)(C)C(C)(C)O2)ccc1F. The fraction of sp³-hybridized carbons (Fsp3) is 0.667. The first-order chi connectivity index (χ1) is 15.1. The van der Waals surface area contributed by atoms with Gasteiger partial charge in [-0.2, -0.15) is 0 Å². The number of benzene rings is 1. The van der Waals surface area contributed by atoms with Crippen molar-refractivity contribution >= 4 is 24.6 Å². The van der Waals surface area contributed by atoms with Crippen LogP contribution in [0.25, 0.3) is 0 Å². The Morgan fingerprint density at radius 1 is 1.15 bits per heavy atom. The van der Waals surface area contributed by atoms with Gasteiger partial charge in [0, 0.05) is 25.7 Å². The van der Waals surface area contributed by atoms with Gasteiger partial charge in [0.25, 0.3) is 0 Å². The van der Waals surface area contributed by atoms with Crippen LogP contribution < -0.4 is 5.46 Å². The summed E-state index contributed by atoms with van der Waals surface area (Å²) in [6.45, 7) is 16.3. The molecule has 3 rings (SSSR count). The molecule has 0 aliphatic carbocycles. The minimum Gasteiger partial charge on any atom is -0.444 e. The Balaban J connectivity index is 1.66. The summed E-state index contributed by atoms with van der Waals surface area (Å²) < 4.78 is 32.1. The lowest BCUT2D eigenvalue weighted by atomic mass is 9.78. The zero-order chi connectivity index (χ0) is 24.8. The fourth-order valence-corrected chi connectivity index (χ4v) is 3.94. The van der Waals surface area contributed by atoms with E-state index in [1.54, 1.807) is 21.9 Å². The Morgan fingerprint density at radius 3 is 2.30 bits per heavy atom. The number of carbonyl (C=O) groups excluding carboxylic acids is 2. The zero-order valence-electron chi connectivity index (χ0n) is 21.0. The third-order valence-electron chi connectivity index (χ3n) is 6.54. The summed E-state index contributed by atoms with van der Waals surface area (Å²) in [4.78, 5) is 28.7. The second-order valence-electron chi connectivity index (χ2n) is 11.0. The summed E-state index contributed by atoms with van der Waals surface area (Å²) in [7, 11) is -0.624. The minimum absolute atomic E-state index is 0.0735. The number of hydrogen-bond donors (Lipinski definition) is 0. The molecule has 9 heteroatoms.